The van der Waals surface area contributed by atoms with Crippen molar-refractivity contribution in [2.45, 2.75) is 6.61 Å². The minimum atomic E-state index is -0.416. The van der Waals surface area contributed by atoms with Crippen LogP contribution in [0.2, 0.25) is 0 Å². The summed E-state index contributed by atoms with van der Waals surface area (Å²) in [5.41, 5.74) is 8.06. The van der Waals surface area contributed by atoms with Crippen LogP contribution in [-0.2, 0) is 6.61 Å². The molecule has 33 heavy (non-hydrogen) atoms. The van der Waals surface area contributed by atoms with E-state index in [0.29, 0.717) is 48.3 Å². The molecular formula is C24H21N5O4. The first-order valence-corrected chi connectivity index (χ1v) is 10.4. The van der Waals surface area contributed by atoms with Gasteiger partial charge in [0.15, 0.2) is 11.5 Å². The van der Waals surface area contributed by atoms with Crippen molar-refractivity contribution in [3.63, 3.8) is 0 Å². The Morgan fingerprint density at radius 2 is 1.82 bits per heavy atom. The van der Waals surface area contributed by atoms with Crippen LogP contribution in [0.25, 0.3) is 0 Å². The van der Waals surface area contributed by atoms with Crippen molar-refractivity contribution in [1.82, 2.24) is 14.8 Å². The molecule has 5 rings (SSSR count). The summed E-state index contributed by atoms with van der Waals surface area (Å²) in [5, 5.41) is 7.26. The minimum absolute atomic E-state index is 0.0318. The van der Waals surface area contributed by atoms with Crippen LogP contribution in [0.5, 0.6) is 17.2 Å². The van der Waals surface area contributed by atoms with E-state index < -0.39 is 5.91 Å². The van der Waals surface area contributed by atoms with Gasteiger partial charge in [-0.2, -0.15) is 9.67 Å². The summed E-state index contributed by atoms with van der Waals surface area (Å²) >= 11 is 0. The van der Waals surface area contributed by atoms with E-state index in [1.165, 1.54) is 0 Å². The number of hydrogen-bond donors (Lipinski definition) is 2. The van der Waals surface area contributed by atoms with Gasteiger partial charge in [0.25, 0.3) is 5.91 Å². The number of fused-ring (bicyclic) bond motifs is 1. The zero-order valence-electron chi connectivity index (χ0n) is 17.6. The zero-order chi connectivity index (χ0) is 22.6. The van der Waals surface area contributed by atoms with Crippen molar-refractivity contribution in [3.05, 3.63) is 83.9 Å². The highest BCUT2D eigenvalue weighted by Gasteiger charge is 2.18. The van der Waals surface area contributed by atoms with Gasteiger partial charge in [0.1, 0.15) is 25.6 Å². The standard InChI is InChI=1S/C24H21N5O4/c25-23-27-24(26-18-9-10-20-21(14-18)32-12-11-31-20)28-29(23)22(30)17-7-4-8-19(13-17)33-15-16-5-2-1-3-6-16/h1-10,13-14H,11-12,15H2,(H3,25,26,27,28). The number of hydrogen-bond acceptors (Lipinski definition) is 8. The van der Waals surface area contributed by atoms with Gasteiger partial charge < -0.3 is 25.3 Å². The molecule has 0 radical (unpaired) electrons. The number of rotatable bonds is 6. The van der Waals surface area contributed by atoms with E-state index in [1.54, 1.807) is 42.5 Å². The molecule has 0 aliphatic carbocycles. The molecule has 2 heterocycles. The van der Waals surface area contributed by atoms with Crippen LogP contribution in [0.1, 0.15) is 15.9 Å². The molecule has 0 amide bonds. The molecular weight excluding hydrogens is 422 g/mol. The monoisotopic (exact) mass is 443 g/mol. The topological polar surface area (TPSA) is 114 Å². The number of nitrogens with two attached hydrogens (primary N) is 1. The van der Waals surface area contributed by atoms with E-state index in [-0.39, 0.29) is 11.9 Å². The molecule has 0 unspecified atom stereocenters. The molecule has 1 aromatic heterocycles. The molecule has 0 bridgehead atoms. The number of ether oxygens (including phenoxy) is 3. The van der Waals surface area contributed by atoms with Crippen molar-refractivity contribution in [2.24, 2.45) is 0 Å². The smallest absolute Gasteiger partial charge is 0.281 e. The molecule has 9 nitrogen and oxygen atoms in total. The third-order valence-corrected chi connectivity index (χ3v) is 4.95. The van der Waals surface area contributed by atoms with Crippen LogP contribution in [-0.4, -0.2) is 33.9 Å². The molecule has 166 valence electrons. The largest absolute Gasteiger partial charge is 0.489 e. The highest BCUT2D eigenvalue weighted by atomic mass is 16.6. The highest BCUT2D eigenvalue weighted by Crippen LogP contribution is 2.33. The quantitative estimate of drug-likeness (QED) is 0.464. The van der Waals surface area contributed by atoms with Crippen molar-refractivity contribution < 1.29 is 19.0 Å². The van der Waals surface area contributed by atoms with Crippen LogP contribution in [0.3, 0.4) is 0 Å². The molecule has 9 heteroatoms. The number of aromatic nitrogens is 3. The minimum Gasteiger partial charge on any atom is -0.489 e. The number of nitrogens with zero attached hydrogens (tertiary/aromatic N) is 3. The van der Waals surface area contributed by atoms with E-state index in [4.69, 9.17) is 19.9 Å². The summed E-state index contributed by atoms with van der Waals surface area (Å²) in [4.78, 5) is 17.2. The van der Waals surface area contributed by atoms with Crippen molar-refractivity contribution in [2.75, 3.05) is 24.3 Å². The van der Waals surface area contributed by atoms with Gasteiger partial charge in [-0.15, -0.1) is 5.10 Å². The van der Waals surface area contributed by atoms with E-state index in [0.717, 1.165) is 10.2 Å². The Balaban J connectivity index is 1.30. The average molecular weight is 443 g/mol. The number of benzene rings is 3. The Kier molecular flexibility index (Phi) is 5.50. The molecule has 0 spiro atoms. The van der Waals surface area contributed by atoms with E-state index >= 15 is 0 Å². The summed E-state index contributed by atoms with van der Waals surface area (Å²) < 4.78 is 18.0. The van der Waals surface area contributed by atoms with Crippen LogP contribution in [0.15, 0.2) is 72.8 Å². The first-order chi connectivity index (χ1) is 16.2. The van der Waals surface area contributed by atoms with Crippen LogP contribution < -0.4 is 25.3 Å². The van der Waals surface area contributed by atoms with E-state index in [2.05, 4.69) is 15.4 Å². The van der Waals surface area contributed by atoms with E-state index in [1.807, 2.05) is 30.3 Å². The predicted octanol–water partition coefficient (Wildman–Crippen LogP) is 3.64. The number of anilines is 3. The molecule has 3 aromatic carbocycles. The molecule has 0 fully saturated rings. The molecule has 0 saturated carbocycles. The maximum absolute atomic E-state index is 13.0. The molecule has 1 aliphatic heterocycles. The van der Waals surface area contributed by atoms with Gasteiger partial charge in [0.2, 0.25) is 11.9 Å². The Bertz CT molecular complexity index is 1290. The fourth-order valence-electron chi connectivity index (χ4n) is 3.36. The fraction of sp³-hybridized carbons (Fsp3) is 0.125. The lowest BCUT2D eigenvalue weighted by molar-refractivity contribution is 0.0947. The first-order valence-electron chi connectivity index (χ1n) is 10.4. The number of carbonyl (C=O) groups is 1. The second-order valence-electron chi connectivity index (χ2n) is 7.30. The lowest BCUT2D eigenvalue weighted by Gasteiger charge is -2.18. The van der Waals surface area contributed by atoms with Crippen molar-refractivity contribution in [3.8, 4) is 17.2 Å². The SMILES string of the molecule is Nc1nc(Nc2ccc3c(c2)OCCO3)nn1C(=O)c1cccc(OCc2ccccc2)c1. The normalized spacial score (nSPS) is 12.2. The summed E-state index contributed by atoms with van der Waals surface area (Å²) in [7, 11) is 0. The van der Waals surface area contributed by atoms with Gasteiger partial charge in [-0.05, 0) is 35.9 Å². The Labute approximate surface area is 189 Å². The fourth-order valence-corrected chi connectivity index (χ4v) is 3.36. The van der Waals surface area contributed by atoms with Crippen molar-refractivity contribution in [1.29, 1.82) is 0 Å². The predicted molar refractivity (Wildman–Crippen MR) is 122 cm³/mol. The lowest BCUT2D eigenvalue weighted by atomic mass is 10.2. The second kappa shape index (κ2) is 8.91. The molecule has 0 saturated heterocycles. The Morgan fingerprint density at radius 1 is 1.00 bits per heavy atom. The average Bonchev–Trinajstić information content (AvgIpc) is 3.22. The second-order valence-corrected chi connectivity index (χ2v) is 7.30. The Hall–Kier alpha value is -4.53. The maximum Gasteiger partial charge on any atom is 0.281 e. The van der Waals surface area contributed by atoms with Gasteiger partial charge in [-0.1, -0.05) is 36.4 Å². The summed E-state index contributed by atoms with van der Waals surface area (Å²) in [6.07, 6.45) is 0. The van der Waals surface area contributed by atoms with Gasteiger partial charge in [-0.25, -0.2) is 0 Å². The van der Waals surface area contributed by atoms with Crippen LogP contribution >= 0.6 is 0 Å². The van der Waals surface area contributed by atoms with Gasteiger partial charge >= 0.3 is 0 Å². The number of nitrogens with one attached hydrogen (secondary N) is 1. The molecule has 3 N–H and O–H groups in total. The first kappa shape index (κ1) is 20.4. The third kappa shape index (κ3) is 4.57. The van der Waals surface area contributed by atoms with Gasteiger partial charge in [0.05, 0.1) is 0 Å². The lowest BCUT2D eigenvalue weighted by Crippen LogP contribution is -2.16. The Morgan fingerprint density at radius 3 is 2.67 bits per heavy atom. The summed E-state index contributed by atoms with van der Waals surface area (Å²) in [6.45, 7) is 1.40. The highest BCUT2D eigenvalue weighted by molar-refractivity contribution is 5.97. The van der Waals surface area contributed by atoms with Gasteiger partial charge in [0, 0.05) is 17.3 Å². The van der Waals surface area contributed by atoms with Crippen LogP contribution in [0.4, 0.5) is 17.6 Å². The molecule has 0 atom stereocenters. The summed E-state index contributed by atoms with van der Waals surface area (Å²) in [6, 6.07) is 22.0. The zero-order valence-corrected chi connectivity index (χ0v) is 17.6. The third-order valence-electron chi connectivity index (χ3n) is 4.95. The van der Waals surface area contributed by atoms with Crippen LogP contribution in [0, 0.1) is 0 Å². The maximum atomic E-state index is 13.0. The van der Waals surface area contributed by atoms with Gasteiger partial charge in [-0.3, -0.25) is 4.79 Å². The molecule has 1 aliphatic rings. The number of carbonyl (C=O) groups excluding carboxylic acids is 1. The number of nitrogen functional groups attached to an aromatic ring is 1. The summed E-state index contributed by atoms with van der Waals surface area (Å²) in [5.74, 6) is 1.61. The van der Waals surface area contributed by atoms with E-state index in [9.17, 15) is 4.79 Å². The molecule has 4 aromatic rings. The van der Waals surface area contributed by atoms with Crippen molar-refractivity contribution >= 4 is 23.5 Å².